The van der Waals surface area contributed by atoms with Gasteiger partial charge in [0.25, 0.3) is 0 Å². The van der Waals surface area contributed by atoms with Crippen LogP contribution in [0.4, 0.5) is 5.69 Å². The van der Waals surface area contributed by atoms with Crippen LogP contribution < -0.4 is 10.6 Å². The van der Waals surface area contributed by atoms with Crippen molar-refractivity contribution in [3.8, 4) is 0 Å². The maximum absolute atomic E-state index is 6.34. The van der Waals surface area contributed by atoms with E-state index >= 15 is 0 Å². The highest BCUT2D eigenvalue weighted by Crippen LogP contribution is 2.28. The van der Waals surface area contributed by atoms with E-state index in [1.165, 1.54) is 0 Å². The first-order valence-corrected chi connectivity index (χ1v) is 6.77. The van der Waals surface area contributed by atoms with Crippen molar-refractivity contribution in [3.05, 3.63) is 28.8 Å². The van der Waals surface area contributed by atoms with Crippen molar-refractivity contribution in [2.24, 2.45) is 5.73 Å². The Morgan fingerprint density at radius 1 is 1.24 bits per heavy atom. The largest absolute Gasteiger partial charge is 0.370 e. The summed E-state index contributed by atoms with van der Waals surface area (Å²) < 4.78 is 0. The van der Waals surface area contributed by atoms with Crippen molar-refractivity contribution in [1.82, 2.24) is 0 Å². The molecule has 1 aromatic rings. The van der Waals surface area contributed by atoms with Gasteiger partial charge in [0.05, 0.1) is 10.7 Å². The third-order valence-electron chi connectivity index (χ3n) is 2.83. The highest BCUT2D eigenvalue weighted by Gasteiger charge is 2.10. The molecule has 0 aromatic heterocycles. The first kappa shape index (κ1) is 14.3. The molecule has 0 saturated heterocycles. The van der Waals surface area contributed by atoms with Crippen molar-refractivity contribution in [2.75, 3.05) is 18.0 Å². The van der Waals surface area contributed by atoms with Crippen LogP contribution in [0.25, 0.3) is 0 Å². The van der Waals surface area contributed by atoms with Gasteiger partial charge in [0.2, 0.25) is 0 Å². The number of hydrogen-bond acceptors (Lipinski definition) is 2. The molecule has 1 atom stereocenters. The van der Waals surface area contributed by atoms with Gasteiger partial charge >= 0.3 is 0 Å². The minimum Gasteiger partial charge on any atom is -0.370 e. The SMILES string of the molecule is CCCN(CCC)c1ccc([C@@H](C)N)cc1Cl. The van der Waals surface area contributed by atoms with Crippen molar-refractivity contribution < 1.29 is 0 Å². The molecule has 2 nitrogen and oxygen atoms in total. The van der Waals surface area contributed by atoms with Crippen LogP contribution in [-0.4, -0.2) is 13.1 Å². The second-order valence-electron chi connectivity index (χ2n) is 4.49. The Balaban J connectivity index is 2.95. The highest BCUT2D eigenvalue weighted by molar-refractivity contribution is 6.33. The van der Waals surface area contributed by atoms with Crippen LogP contribution in [0.1, 0.15) is 45.2 Å². The van der Waals surface area contributed by atoms with Gasteiger partial charge in [-0.1, -0.05) is 31.5 Å². The third kappa shape index (κ3) is 3.90. The topological polar surface area (TPSA) is 29.3 Å². The van der Waals surface area contributed by atoms with E-state index in [1.54, 1.807) is 0 Å². The molecule has 0 aliphatic heterocycles. The van der Waals surface area contributed by atoms with Crippen LogP contribution in [-0.2, 0) is 0 Å². The van der Waals surface area contributed by atoms with Gasteiger partial charge in [-0.3, -0.25) is 0 Å². The molecule has 0 fully saturated rings. The molecule has 0 spiro atoms. The average molecular weight is 255 g/mol. The molecule has 3 heteroatoms. The molecular weight excluding hydrogens is 232 g/mol. The summed E-state index contributed by atoms with van der Waals surface area (Å²) in [6.45, 7) is 8.44. The Labute approximate surface area is 110 Å². The molecule has 96 valence electrons. The molecule has 0 unspecified atom stereocenters. The molecule has 17 heavy (non-hydrogen) atoms. The molecule has 0 aliphatic rings. The Kier molecular flexibility index (Phi) is 5.79. The predicted molar refractivity (Wildman–Crippen MR) is 76.8 cm³/mol. The van der Waals surface area contributed by atoms with Crippen molar-refractivity contribution in [3.63, 3.8) is 0 Å². The summed E-state index contributed by atoms with van der Waals surface area (Å²) in [6.07, 6.45) is 2.26. The first-order valence-electron chi connectivity index (χ1n) is 6.40. The zero-order chi connectivity index (χ0) is 12.8. The number of hydrogen-bond donors (Lipinski definition) is 1. The predicted octanol–water partition coefficient (Wildman–Crippen LogP) is 3.99. The molecule has 0 saturated carbocycles. The summed E-state index contributed by atoms with van der Waals surface area (Å²) in [5.74, 6) is 0. The standard InChI is InChI=1S/C14H23ClN2/c1-4-8-17(9-5-2)14-7-6-12(11(3)16)10-13(14)15/h6-7,10-11H,4-5,8-9,16H2,1-3H3/t11-/m1/s1. The molecule has 0 heterocycles. The number of anilines is 1. The van der Waals surface area contributed by atoms with E-state index in [4.69, 9.17) is 17.3 Å². The van der Waals surface area contributed by atoms with Gasteiger partial charge in [0, 0.05) is 19.1 Å². The Morgan fingerprint density at radius 3 is 2.24 bits per heavy atom. The zero-order valence-electron chi connectivity index (χ0n) is 11.0. The fraction of sp³-hybridized carbons (Fsp3) is 0.571. The first-order chi connectivity index (χ1) is 8.10. The quantitative estimate of drug-likeness (QED) is 0.832. The van der Waals surface area contributed by atoms with Crippen LogP contribution in [0.5, 0.6) is 0 Å². The molecule has 0 bridgehead atoms. The van der Waals surface area contributed by atoms with Crippen molar-refractivity contribution in [2.45, 2.75) is 39.7 Å². The fourth-order valence-corrected chi connectivity index (χ4v) is 2.26. The molecule has 0 amide bonds. The summed E-state index contributed by atoms with van der Waals surface area (Å²) in [7, 11) is 0. The maximum Gasteiger partial charge on any atom is 0.0642 e. The Hall–Kier alpha value is -0.730. The van der Waals surface area contributed by atoms with Crippen molar-refractivity contribution >= 4 is 17.3 Å². The smallest absolute Gasteiger partial charge is 0.0642 e. The number of rotatable bonds is 6. The van der Waals surface area contributed by atoms with Crippen LogP contribution in [0, 0.1) is 0 Å². The Bertz CT molecular complexity index is 344. The summed E-state index contributed by atoms with van der Waals surface area (Å²) in [6, 6.07) is 6.18. The molecule has 1 aromatic carbocycles. The lowest BCUT2D eigenvalue weighted by Gasteiger charge is -2.25. The van der Waals surface area contributed by atoms with Gasteiger partial charge in [-0.25, -0.2) is 0 Å². The van der Waals surface area contributed by atoms with Gasteiger partial charge in [-0.15, -0.1) is 0 Å². The van der Waals surface area contributed by atoms with Crippen LogP contribution in [0.15, 0.2) is 18.2 Å². The maximum atomic E-state index is 6.34. The lowest BCUT2D eigenvalue weighted by molar-refractivity contribution is 0.744. The van der Waals surface area contributed by atoms with Crippen LogP contribution >= 0.6 is 11.6 Å². The summed E-state index contributed by atoms with van der Waals surface area (Å²) >= 11 is 6.34. The lowest BCUT2D eigenvalue weighted by atomic mass is 10.1. The lowest BCUT2D eigenvalue weighted by Crippen LogP contribution is -2.25. The van der Waals surface area contributed by atoms with E-state index in [0.29, 0.717) is 0 Å². The summed E-state index contributed by atoms with van der Waals surface area (Å²) in [4.78, 5) is 2.34. The molecule has 1 rings (SSSR count). The van der Waals surface area contributed by atoms with Gasteiger partial charge in [-0.2, -0.15) is 0 Å². The average Bonchev–Trinajstić information content (AvgIpc) is 2.28. The molecule has 0 radical (unpaired) electrons. The summed E-state index contributed by atoms with van der Waals surface area (Å²) in [5.41, 5.74) is 8.07. The minimum absolute atomic E-state index is 0.0346. The zero-order valence-corrected chi connectivity index (χ0v) is 11.8. The van der Waals surface area contributed by atoms with Gasteiger partial charge in [0.1, 0.15) is 0 Å². The molecular formula is C14H23ClN2. The van der Waals surface area contributed by atoms with Crippen LogP contribution in [0.3, 0.4) is 0 Å². The van der Waals surface area contributed by atoms with Gasteiger partial charge < -0.3 is 10.6 Å². The van der Waals surface area contributed by atoms with Crippen molar-refractivity contribution in [1.29, 1.82) is 0 Å². The third-order valence-corrected chi connectivity index (χ3v) is 3.13. The van der Waals surface area contributed by atoms with Crippen LogP contribution in [0.2, 0.25) is 5.02 Å². The summed E-state index contributed by atoms with van der Waals surface area (Å²) in [5, 5.41) is 0.807. The van der Waals surface area contributed by atoms with E-state index in [2.05, 4.69) is 30.9 Å². The monoisotopic (exact) mass is 254 g/mol. The van der Waals surface area contributed by atoms with E-state index in [-0.39, 0.29) is 6.04 Å². The second-order valence-corrected chi connectivity index (χ2v) is 4.89. The Morgan fingerprint density at radius 2 is 1.82 bits per heavy atom. The van der Waals surface area contributed by atoms with Gasteiger partial charge in [0.15, 0.2) is 0 Å². The molecule has 0 aliphatic carbocycles. The minimum atomic E-state index is 0.0346. The normalized spacial score (nSPS) is 12.5. The second kappa shape index (κ2) is 6.87. The fourth-order valence-electron chi connectivity index (χ4n) is 1.96. The van der Waals surface area contributed by atoms with E-state index in [9.17, 15) is 0 Å². The molecule has 2 N–H and O–H groups in total. The van der Waals surface area contributed by atoms with E-state index in [0.717, 1.165) is 42.2 Å². The number of nitrogens with two attached hydrogens (primary N) is 1. The van der Waals surface area contributed by atoms with Gasteiger partial charge in [-0.05, 0) is 37.5 Å². The number of halogens is 1. The highest BCUT2D eigenvalue weighted by atomic mass is 35.5. The van der Waals surface area contributed by atoms with E-state index < -0.39 is 0 Å². The number of nitrogens with zero attached hydrogens (tertiary/aromatic N) is 1. The number of benzene rings is 1. The van der Waals surface area contributed by atoms with E-state index in [1.807, 2.05) is 13.0 Å².